The first-order valence-electron chi connectivity index (χ1n) is 6.20. The number of nitrogens with zero attached hydrogens (tertiary/aromatic N) is 1. The molecule has 1 heterocycles. The minimum Gasteiger partial charge on any atom is -0.346 e. The predicted octanol–water partition coefficient (Wildman–Crippen LogP) is 4.03. The average molecular weight is 258 g/mol. The second-order valence-corrected chi connectivity index (χ2v) is 5.36. The van der Waals surface area contributed by atoms with Gasteiger partial charge in [-0.05, 0) is 31.9 Å². The SMILES string of the molecule is CCc1cc(=S)nc(C(C)(C)c2ccccc2)[nH]1. The molecule has 0 fully saturated rings. The zero-order valence-corrected chi connectivity index (χ0v) is 11.8. The molecular formula is C15H18N2S. The summed E-state index contributed by atoms with van der Waals surface area (Å²) in [6.45, 7) is 6.44. The quantitative estimate of drug-likeness (QED) is 0.842. The van der Waals surface area contributed by atoms with Gasteiger partial charge in [-0.1, -0.05) is 49.5 Å². The number of hydrogen-bond donors (Lipinski definition) is 1. The highest BCUT2D eigenvalue weighted by Gasteiger charge is 2.25. The second-order valence-electron chi connectivity index (χ2n) is 4.94. The fourth-order valence-electron chi connectivity index (χ4n) is 1.99. The summed E-state index contributed by atoms with van der Waals surface area (Å²) in [6.07, 6.45) is 0.935. The molecule has 0 radical (unpaired) electrons. The Morgan fingerprint density at radius 2 is 1.89 bits per heavy atom. The lowest BCUT2D eigenvalue weighted by Gasteiger charge is -2.24. The molecule has 0 aliphatic heterocycles. The third-order valence-electron chi connectivity index (χ3n) is 3.27. The van der Waals surface area contributed by atoms with Crippen molar-refractivity contribution in [2.24, 2.45) is 0 Å². The average Bonchev–Trinajstić information content (AvgIpc) is 2.39. The maximum absolute atomic E-state index is 5.24. The van der Waals surface area contributed by atoms with E-state index in [9.17, 15) is 0 Å². The van der Waals surface area contributed by atoms with Crippen LogP contribution in [-0.4, -0.2) is 9.97 Å². The number of aromatic amines is 1. The van der Waals surface area contributed by atoms with Crippen molar-refractivity contribution in [2.45, 2.75) is 32.6 Å². The summed E-state index contributed by atoms with van der Waals surface area (Å²) in [7, 11) is 0. The fraction of sp³-hybridized carbons (Fsp3) is 0.333. The summed E-state index contributed by atoms with van der Waals surface area (Å²) >= 11 is 5.24. The van der Waals surface area contributed by atoms with Crippen LogP contribution in [-0.2, 0) is 11.8 Å². The van der Waals surface area contributed by atoms with Crippen molar-refractivity contribution in [3.05, 3.63) is 58.1 Å². The van der Waals surface area contributed by atoms with Crippen LogP contribution in [0.2, 0.25) is 0 Å². The molecule has 1 N–H and O–H groups in total. The number of aromatic nitrogens is 2. The van der Waals surface area contributed by atoms with E-state index in [0.29, 0.717) is 4.64 Å². The molecule has 0 amide bonds. The van der Waals surface area contributed by atoms with Crippen LogP contribution in [0.15, 0.2) is 36.4 Å². The summed E-state index contributed by atoms with van der Waals surface area (Å²) < 4.78 is 0.657. The lowest BCUT2D eigenvalue weighted by Crippen LogP contribution is -2.23. The predicted molar refractivity (Wildman–Crippen MR) is 77.4 cm³/mol. The first-order chi connectivity index (χ1) is 8.54. The van der Waals surface area contributed by atoms with Gasteiger partial charge in [0.1, 0.15) is 10.5 Å². The molecule has 0 spiro atoms. The summed E-state index contributed by atoms with van der Waals surface area (Å²) in [5.74, 6) is 0.929. The van der Waals surface area contributed by atoms with Gasteiger partial charge < -0.3 is 4.98 Å². The number of aryl methyl sites for hydroxylation is 1. The minimum atomic E-state index is -0.167. The zero-order chi connectivity index (χ0) is 13.2. The van der Waals surface area contributed by atoms with Crippen LogP contribution < -0.4 is 0 Å². The zero-order valence-electron chi connectivity index (χ0n) is 11.0. The summed E-state index contributed by atoms with van der Waals surface area (Å²) in [5.41, 5.74) is 2.20. The molecule has 0 saturated heterocycles. The molecule has 2 rings (SSSR count). The molecule has 0 saturated carbocycles. The lowest BCUT2D eigenvalue weighted by atomic mass is 9.84. The van der Waals surface area contributed by atoms with Crippen LogP contribution in [0.3, 0.4) is 0 Å². The number of benzene rings is 1. The Morgan fingerprint density at radius 1 is 1.22 bits per heavy atom. The summed E-state index contributed by atoms with van der Waals surface area (Å²) in [5, 5.41) is 0. The highest BCUT2D eigenvalue weighted by Crippen LogP contribution is 2.28. The highest BCUT2D eigenvalue weighted by molar-refractivity contribution is 7.71. The van der Waals surface area contributed by atoms with Crippen LogP contribution in [0.4, 0.5) is 0 Å². The van der Waals surface area contributed by atoms with Gasteiger partial charge in [0.15, 0.2) is 0 Å². The standard InChI is InChI=1S/C15H18N2S/c1-4-12-10-13(18)17-14(16-12)15(2,3)11-8-6-5-7-9-11/h5-10H,4H2,1-3H3,(H,16,17,18). The van der Waals surface area contributed by atoms with Gasteiger partial charge in [0.2, 0.25) is 0 Å². The lowest BCUT2D eigenvalue weighted by molar-refractivity contribution is 0.584. The molecule has 94 valence electrons. The van der Waals surface area contributed by atoms with Crippen LogP contribution in [0.1, 0.15) is 37.9 Å². The van der Waals surface area contributed by atoms with Crippen molar-refractivity contribution < 1.29 is 0 Å². The molecule has 18 heavy (non-hydrogen) atoms. The van der Waals surface area contributed by atoms with E-state index < -0.39 is 0 Å². The van der Waals surface area contributed by atoms with E-state index in [2.05, 4.69) is 55.0 Å². The molecule has 0 unspecified atom stereocenters. The third-order valence-corrected chi connectivity index (χ3v) is 3.48. The highest BCUT2D eigenvalue weighted by atomic mass is 32.1. The normalized spacial score (nSPS) is 11.5. The van der Waals surface area contributed by atoms with Crippen molar-refractivity contribution >= 4 is 12.2 Å². The number of hydrogen-bond acceptors (Lipinski definition) is 2. The minimum absolute atomic E-state index is 0.167. The van der Waals surface area contributed by atoms with Crippen molar-refractivity contribution in [2.75, 3.05) is 0 Å². The van der Waals surface area contributed by atoms with E-state index in [1.54, 1.807) is 0 Å². The van der Waals surface area contributed by atoms with Crippen LogP contribution in [0.25, 0.3) is 0 Å². The van der Waals surface area contributed by atoms with Crippen molar-refractivity contribution in [1.82, 2.24) is 9.97 Å². The summed E-state index contributed by atoms with van der Waals surface area (Å²) in [4.78, 5) is 7.89. The molecule has 0 bridgehead atoms. The molecule has 0 aliphatic carbocycles. The molecule has 1 aromatic carbocycles. The van der Waals surface area contributed by atoms with Crippen LogP contribution in [0, 0.1) is 4.64 Å². The molecule has 0 atom stereocenters. The van der Waals surface area contributed by atoms with Crippen LogP contribution >= 0.6 is 12.2 Å². The second kappa shape index (κ2) is 5.02. The first-order valence-corrected chi connectivity index (χ1v) is 6.61. The number of H-pyrrole nitrogens is 1. The maximum atomic E-state index is 5.24. The first kappa shape index (κ1) is 13.0. The Morgan fingerprint density at radius 3 is 2.50 bits per heavy atom. The van der Waals surface area contributed by atoms with Gasteiger partial charge in [-0.15, -0.1) is 0 Å². The monoisotopic (exact) mass is 258 g/mol. The maximum Gasteiger partial charge on any atom is 0.130 e. The Balaban J connectivity index is 2.54. The van der Waals surface area contributed by atoms with E-state index in [-0.39, 0.29) is 5.41 Å². The topological polar surface area (TPSA) is 28.7 Å². The molecule has 0 aliphatic rings. The number of nitrogens with one attached hydrogen (secondary N) is 1. The van der Waals surface area contributed by atoms with Gasteiger partial charge in [0.25, 0.3) is 0 Å². The Bertz CT molecular complexity index is 585. The van der Waals surface area contributed by atoms with Gasteiger partial charge >= 0.3 is 0 Å². The molecule has 1 aromatic heterocycles. The van der Waals surface area contributed by atoms with Gasteiger partial charge in [-0.2, -0.15) is 0 Å². The van der Waals surface area contributed by atoms with E-state index in [1.165, 1.54) is 5.56 Å². The van der Waals surface area contributed by atoms with Crippen LogP contribution in [0.5, 0.6) is 0 Å². The number of rotatable bonds is 3. The largest absolute Gasteiger partial charge is 0.346 e. The van der Waals surface area contributed by atoms with E-state index in [1.807, 2.05) is 12.1 Å². The van der Waals surface area contributed by atoms with E-state index in [0.717, 1.165) is 17.9 Å². The smallest absolute Gasteiger partial charge is 0.130 e. The van der Waals surface area contributed by atoms with E-state index >= 15 is 0 Å². The molecule has 2 nitrogen and oxygen atoms in total. The molecular weight excluding hydrogens is 240 g/mol. The Kier molecular flexibility index (Phi) is 3.62. The van der Waals surface area contributed by atoms with Crippen molar-refractivity contribution in [3.63, 3.8) is 0 Å². The fourth-order valence-corrected chi connectivity index (χ4v) is 2.22. The third kappa shape index (κ3) is 2.51. The molecule has 3 heteroatoms. The Hall–Kier alpha value is -1.48. The van der Waals surface area contributed by atoms with Crippen molar-refractivity contribution in [1.29, 1.82) is 0 Å². The van der Waals surface area contributed by atoms with Gasteiger partial charge in [-0.25, -0.2) is 4.98 Å². The molecule has 2 aromatic rings. The Labute approximate surface area is 113 Å². The van der Waals surface area contributed by atoms with E-state index in [4.69, 9.17) is 12.2 Å². The van der Waals surface area contributed by atoms with Gasteiger partial charge in [0.05, 0.1) is 0 Å². The van der Waals surface area contributed by atoms with Gasteiger partial charge in [0, 0.05) is 11.1 Å². The summed E-state index contributed by atoms with van der Waals surface area (Å²) in [6, 6.07) is 12.3. The van der Waals surface area contributed by atoms with Crippen molar-refractivity contribution in [3.8, 4) is 0 Å². The van der Waals surface area contributed by atoms with Gasteiger partial charge in [-0.3, -0.25) is 0 Å².